The van der Waals surface area contributed by atoms with E-state index in [1.807, 2.05) is 30.3 Å². The van der Waals surface area contributed by atoms with Gasteiger partial charge in [0.1, 0.15) is 0 Å². The highest BCUT2D eigenvalue weighted by molar-refractivity contribution is 7.90. The van der Waals surface area contributed by atoms with Crippen LogP contribution >= 0.6 is 0 Å². The molecule has 1 saturated carbocycles. The molecular formula is C21H28N4O3S. The zero-order valence-corrected chi connectivity index (χ0v) is 17.9. The van der Waals surface area contributed by atoms with E-state index in [4.69, 9.17) is 0 Å². The molecule has 2 N–H and O–H groups in total. The second-order valence-electron chi connectivity index (χ2n) is 8.42. The third-order valence-electron chi connectivity index (χ3n) is 5.20. The number of hydrogen-bond donors (Lipinski definition) is 2. The number of hydrogen-bond acceptors (Lipinski definition) is 5. The summed E-state index contributed by atoms with van der Waals surface area (Å²) in [7, 11) is -3.38. The zero-order chi connectivity index (χ0) is 21.1. The van der Waals surface area contributed by atoms with Gasteiger partial charge in [-0.05, 0) is 46.5 Å². The number of nitrogens with one attached hydrogen (secondary N) is 2. The summed E-state index contributed by atoms with van der Waals surface area (Å²) in [6.45, 7) is 5.04. The summed E-state index contributed by atoms with van der Waals surface area (Å²) in [5, 5.41) is 2.83. The first-order valence-corrected chi connectivity index (χ1v) is 11.3. The van der Waals surface area contributed by atoms with Crippen LogP contribution in [0.2, 0.25) is 0 Å². The molecule has 0 bridgehead atoms. The maximum atomic E-state index is 12.6. The van der Waals surface area contributed by atoms with Crippen molar-refractivity contribution in [2.45, 2.75) is 57.2 Å². The lowest BCUT2D eigenvalue weighted by atomic mass is 9.86. The highest BCUT2D eigenvalue weighted by Gasteiger charge is 2.34. The van der Waals surface area contributed by atoms with E-state index in [0.29, 0.717) is 31.5 Å². The van der Waals surface area contributed by atoms with Crippen molar-refractivity contribution in [2.24, 2.45) is 5.92 Å². The van der Waals surface area contributed by atoms with E-state index >= 15 is 0 Å². The molecule has 3 rings (SSSR count). The van der Waals surface area contributed by atoms with Gasteiger partial charge in [0.25, 0.3) is 0 Å². The molecule has 0 spiro atoms. The van der Waals surface area contributed by atoms with Gasteiger partial charge in [0.15, 0.2) is 5.82 Å². The van der Waals surface area contributed by atoms with Gasteiger partial charge < -0.3 is 5.32 Å². The van der Waals surface area contributed by atoms with E-state index in [9.17, 15) is 13.2 Å². The van der Waals surface area contributed by atoms with E-state index in [2.05, 4.69) is 20.0 Å². The number of carbonyl (C=O) groups is 1. The molecule has 0 saturated heterocycles. The van der Waals surface area contributed by atoms with Crippen LogP contribution in [-0.2, 0) is 14.8 Å². The molecule has 7 nitrogen and oxygen atoms in total. The summed E-state index contributed by atoms with van der Waals surface area (Å²) >= 11 is 0. The molecule has 2 aromatic rings. The highest BCUT2D eigenvalue weighted by atomic mass is 32.2. The summed E-state index contributed by atoms with van der Waals surface area (Å²) in [4.78, 5) is 21.2. The smallest absolute Gasteiger partial charge is 0.228 e. The molecule has 0 radical (unpaired) electrons. The summed E-state index contributed by atoms with van der Waals surface area (Å²) in [6, 6.07) is 9.60. The van der Waals surface area contributed by atoms with Gasteiger partial charge in [-0.2, -0.15) is 0 Å². The summed E-state index contributed by atoms with van der Waals surface area (Å²) in [5.74, 6) is 0.176. The number of sulfonamides is 1. The summed E-state index contributed by atoms with van der Waals surface area (Å²) < 4.78 is 26.5. The second-order valence-corrected chi connectivity index (χ2v) is 10.9. The van der Waals surface area contributed by atoms with E-state index in [1.165, 1.54) is 0 Å². The van der Waals surface area contributed by atoms with Crippen molar-refractivity contribution in [1.29, 1.82) is 0 Å². The van der Waals surface area contributed by atoms with E-state index in [-0.39, 0.29) is 17.9 Å². The van der Waals surface area contributed by atoms with Crippen molar-refractivity contribution in [3.05, 3.63) is 42.7 Å². The number of aromatic nitrogens is 2. The molecular weight excluding hydrogens is 388 g/mol. The van der Waals surface area contributed by atoms with Gasteiger partial charge in [0.2, 0.25) is 15.9 Å². The van der Waals surface area contributed by atoms with Crippen LogP contribution in [0.3, 0.4) is 0 Å². The number of anilines is 1. The lowest BCUT2D eigenvalue weighted by Crippen LogP contribution is -2.46. The van der Waals surface area contributed by atoms with E-state index < -0.39 is 14.8 Å². The van der Waals surface area contributed by atoms with Crippen LogP contribution in [0.4, 0.5) is 5.82 Å². The number of benzene rings is 1. The lowest BCUT2D eigenvalue weighted by Gasteiger charge is -2.30. The van der Waals surface area contributed by atoms with Gasteiger partial charge in [0.05, 0.1) is 22.8 Å². The van der Waals surface area contributed by atoms with Crippen LogP contribution in [0, 0.1) is 5.92 Å². The summed E-state index contributed by atoms with van der Waals surface area (Å²) in [5.41, 5.74) is 1.71. The predicted molar refractivity (Wildman–Crippen MR) is 114 cm³/mol. The maximum absolute atomic E-state index is 12.6. The normalized spacial score (nSPS) is 20.2. The van der Waals surface area contributed by atoms with Crippen molar-refractivity contribution in [3.8, 4) is 11.3 Å². The predicted octanol–water partition coefficient (Wildman–Crippen LogP) is 3.36. The fourth-order valence-corrected chi connectivity index (χ4v) is 4.28. The van der Waals surface area contributed by atoms with Gasteiger partial charge in [-0.3, -0.25) is 9.78 Å². The average Bonchev–Trinajstić information content (AvgIpc) is 2.68. The van der Waals surface area contributed by atoms with Crippen LogP contribution in [0.5, 0.6) is 0 Å². The molecule has 1 amide bonds. The molecule has 156 valence electrons. The minimum atomic E-state index is -3.38. The molecule has 1 aromatic heterocycles. The van der Waals surface area contributed by atoms with Crippen molar-refractivity contribution in [1.82, 2.24) is 14.7 Å². The molecule has 0 aliphatic heterocycles. The Kier molecular flexibility index (Phi) is 6.33. The van der Waals surface area contributed by atoms with Crippen LogP contribution in [0.15, 0.2) is 42.7 Å². The van der Waals surface area contributed by atoms with Crippen LogP contribution in [0.1, 0.15) is 46.5 Å². The fraction of sp³-hybridized carbons (Fsp3) is 0.476. The van der Waals surface area contributed by atoms with Gasteiger partial charge in [-0.1, -0.05) is 30.3 Å². The Morgan fingerprint density at radius 1 is 1.00 bits per heavy atom. The quantitative estimate of drug-likeness (QED) is 0.778. The molecule has 0 unspecified atom stereocenters. The number of amides is 1. The minimum Gasteiger partial charge on any atom is -0.309 e. The van der Waals surface area contributed by atoms with Gasteiger partial charge in [-0.15, -0.1) is 0 Å². The van der Waals surface area contributed by atoms with E-state index in [1.54, 1.807) is 33.2 Å². The number of rotatable bonds is 5. The third kappa shape index (κ3) is 5.39. The standard InChI is InChI=1S/C21H28N4O3S/c1-21(2,3)29(27,28)25-17-11-9-16(10-12-17)20(26)24-19-14-22-18(13-23-19)15-7-5-4-6-8-15/h4-8,13-14,16-17,25H,9-12H2,1-3H3,(H,23,24,26)/t16-,17-. The Hall–Kier alpha value is -2.32. The zero-order valence-electron chi connectivity index (χ0n) is 17.1. The van der Waals surface area contributed by atoms with Crippen molar-refractivity contribution in [3.63, 3.8) is 0 Å². The molecule has 29 heavy (non-hydrogen) atoms. The molecule has 1 aliphatic rings. The third-order valence-corrected chi connectivity index (χ3v) is 7.45. The van der Waals surface area contributed by atoms with Gasteiger partial charge in [-0.25, -0.2) is 18.1 Å². The first kappa shape index (κ1) is 21.4. The monoisotopic (exact) mass is 416 g/mol. The topological polar surface area (TPSA) is 101 Å². The van der Waals surface area contributed by atoms with Crippen LogP contribution in [0.25, 0.3) is 11.3 Å². The molecule has 1 fully saturated rings. The Morgan fingerprint density at radius 3 is 2.21 bits per heavy atom. The highest BCUT2D eigenvalue weighted by Crippen LogP contribution is 2.27. The first-order chi connectivity index (χ1) is 13.7. The Morgan fingerprint density at radius 2 is 1.66 bits per heavy atom. The molecule has 1 aromatic carbocycles. The minimum absolute atomic E-state index is 0.0936. The van der Waals surface area contributed by atoms with Crippen LogP contribution in [-0.4, -0.2) is 35.1 Å². The van der Waals surface area contributed by atoms with Crippen LogP contribution < -0.4 is 10.0 Å². The largest absolute Gasteiger partial charge is 0.309 e. The van der Waals surface area contributed by atoms with Gasteiger partial charge in [0, 0.05) is 17.5 Å². The summed E-state index contributed by atoms with van der Waals surface area (Å²) in [6.07, 6.45) is 5.77. The van der Waals surface area contributed by atoms with Crippen molar-refractivity contribution in [2.75, 3.05) is 5.32 Å². The Balaban J connectivity index is 1.52. The SMILES string of the molecule is CC(C)(C)S(=O)(=O)N[C@H]1CC[C@H](C(=O)Nc2cnc(-c3ccccc3)cn2)CC1. The molecule has 1 heterocycles. The van der Waals surface area contributed by atoms with E-state index in [0.717, 1.165) is 11.3 Å². The Bertz CT molecular complexity index is 930. The first-order valence-electron chi connectivity index (χ1n) is 9.86. The Labute approximate surface area is 172 Å². The fourth-order valence-electron chi connectivity index (χ4n) is 3.25. The molecule has 8 heteroatoms. The number of nitrogens with zero attached hydrogens (tertiary/aromatic N) is 2. The molecule has 0 atom stereocenters. The molecule has 1 aliphatic carbocycles. The number of carbonyl (C=O) groups excluding carboxylic acids is 1. The second kappa shape index (κ2) is 8.59. The van der Waals surface area contributed by atoms with Crippen molar-refractivity contribution >= 4 is 21.7 Å². The lowest BCUT2D eigenvalue weighted by molar-refractivity contribution is -0.120. The van der Waals surface area contributed by atoms with Crippen molar-refractivity contribution < 1.29 is 13.2 Å². The van der Waals surface area contributed by atoms with Gasteiger partial charge >= 0.3 is 0 Å². The average molecular weight is 417 g/mol. The maximum Gasteiger partial charge on any atom is 0.228 e.